The van der Waals surface area contributed by atoms with Crippen LogP contribution < -0.4 is 10.0 Å². The zero-order valence-corrected chi connectivity index (χ0v) is 17.2. The Morgan fingerprint density at radius 2 is 1.73 bits per heavy atom. The Bertz CT molecular complexity index is 922. The minimum Gasteiger partial charge on any atom is -0.325 e. The van der Waals surface area contributed by atoms with E-state index in [9.17, 15) is 13.2 Å². The molecule has 2 aromatic carbocycles. The average molecular weight is 393 g/mol. The first-order chi connectivity index (χ1) is 12.1. The van der Waals surface area contributed by atoms with Crippen molar-refractivity contribution in [2.45, 2.75) is 37.5 Å². The Balaban J connectivity index is 2.36. The van der Waals surface area contributed by atoms with Crippen LogP contribution in [0.25, 0.3) is 0 Å². The largest absolute Gasteiger partial charge is 0.325 e. The van der Waals surface area contributed by atoms with Crippen molar-refractivity contribution in [2.24, 2.45) is 5.92 Å². The van der Waals surface area contributed by atoms with Gasteiger partial charge in [-0.1, -0.05) is 19.9 Å². The molecule has 0 unspecified atom stereocenters. The first kappa shape index (κ1) is 20.3. The molecule has 0 bridgehead atoms. The van der Waals surface area contributed by atoms with Gasteiger partial charge in [-0.3, -0.25) is 9.52 Å². The lowest BCUT2D eigenvalue weighted by Gasteiger charge is -2.14. The van der Waals surface area contributed by atoms with Gasteiger partial charge < -0.3 is 5.32 Å². The number of benzene rings is 2. The van der Waals surface area contributed by atoms with Gasteiger partial charge in [-0.25, -0.2) is 8.42 Å². The van der Waals surface area contributed by atoms with Gasteiger partial charge in [-0.05, 0) is 61.6 Å². The molecule has 0 spiro atoms. The molecule has 0 saturated heterocycles. The Hall–Kier alpha value is -1.99. The van der Waals surface area contributed by atoms with E-state index >= 15 is 0 Å². The van der Waals surface area contributed by atoms with Crippen molar-refractivity contribution in [3.8, 4) is 0 Å². The molecule has 2 N–H and O–H groups in total. The van der Waals surface area contributed by atoms with Gasteiger partial charge in [-0.2, -0.15) is 0 Å². The molecular weight excluding hydrogens is 368 g/mol. The van der Waals surface area contributed by atoms with Crippen molar-refractivity contribution < 1.29 is 13.2 Å². The highest BCUT2D eigenvalue weighted by atomic mass is 32.2. The minimum atomic E-state index is -3.76. The third-order valence-electron chi connectivity index (χ3n) is 4.02. The molecule has 0 aromatic heterocycles. The van der Waals surface area contributed by atoms with E-state index in [1.165, 1.54) is 17.8 Å². The highest BCUT2D eigenvalue weighted by Crippen LogP contribution is 2.29. The van der Waals surface area contributed by atoms with E-state index in [1.54, 1.807) is 38.1 Å². The second-order valence-electron chi connectivity index (χ2n) is 6.41. The first-order valence-electron chi connectivity index (χ1n) is 8.23. The van der Waals surface area contributed by atoms with Crippen LogP contribution in [0.1, 0.15) is 25.0 Å². The summed E-state index contributed by atoms with van der Waals surface area (Å²) in [5.41, 5.74) is 3.11. The lowest BCUT2D eigenvalue weighted by atomic mass is 10.1. The lowest BCUT2D eigenvalue weighted by Crippen LogP contribution is -2.19. The maximum atomic E-state index is 12.7. The van der Waals surface area contributed by atoms with Crippen LogP contribution in [0.15, 0.2) is 46.2 Å². The SMILES string of the molecule is CSc1ccc(S(=O)(=O)Nc2ccc(C)c(C)c2)cc1NC(=O)C(C)C. The average Bonchev–Trinajstić information content (AvgIpc) is 2.57. The summed E-state index contributed by atoms with van der Waals surface area (Å²) >= 11 is 1.45. The fourth-order valence-electron chi connectivity index (χ4n) is 2.25. The molecule has 0 aliphatic carbocycles. The van der Waals surface area contributed by atoms with Crippen molar-refractivity contribution >= 4 is 39.1 Å². The summed E-state index contributed by atoms with van der Waals surface area (Å²) in [6.07, 6.45) is 1.88. The molecule has 0 heterocycles. The van der Waals surface area contributed by atoms with Gasteiger partial charge >= 0.3 is 0 Å². The third-order valence-corrected chi connectivity index (χ3v) is 6.20. The smallest absolute Gasteiger partial charge is 0.261 e. The summed E-state index contributed by atoms with van der Waals surface area (Å²) in [7, 11) is -3.76. The molecule has 140 valence electrons. The van der Waals surface area contributed by atoms with Gasteiger partial charge in [0.1, 0.15) is 0 Å². The summed E-state index contributed by atoms with van der Waals surface area (Å²) in [5.74, 6) is -0.351. The maximum Gasteiger partial charge on any atom is 0.261 e. The number of sulfonamides is 1. The van der Waals surface area contributed by atoms with Crippen LogP contribution in [0.5, 0.6) is 0 Å². The predicted molar refractivity (Wildman–Crippen MR) is 108 cm³/mol. The molecular formula is C19H24N2O3S2. The van der Waals surface area contributed by atoms with Crippen LogP contribution >= 0.6 is 11.8 Å². The van der Waals surface area contributed by atoms with Crippen LogP contribution in [-0.2, 0) is 14.8 Å². The van der Waals surface area contributed by atoms with Crippen LogP contribution in [0.4, 0.5) is 11.4 Å². The second kappa shape index (κ2) is 8.14. The molecule has 2 rings (SSSR count). The molecule has 7 heteroatoms. The van der Waals surface area contributed by atoms with E-state index in [0.717, 1.165) is 16.0 Å². The number of rotatable bonds is 6. The Morgan fingerprint density at radius 3 is 2.31 bits per heavy atom. The van der Waals surface area contributed by atoms with Gasteiger partial charge in [-0.15, -0.1) is 11.8 Å². The van der Waals surface area contributed by atoms with E-state index in [2.05, 4.69) is 10.0 Å². The normalized spacial score (nSPS) is 11.5. The summed E-state index contributed by atoms with van der Waals surface area (Å²) in [6.45, 7) is 7.48. The van der Waals surface area contributed by atoms with Crippen molar-refractivity contribution in [2.75, 3.05) is 16.3 Å². The van der Waals surface area contributed by atoms with E-state index in [-0.39, 0.29) is 16.7 Å². The molecule has 5 nitrogen and oxygen atoms in total. The van der Waals surface area contributed by atoms with Crippen molar-refractivity contribution in [1.82, 2.24) is 0 Å². The van der Waals surface area contributed by atoms with E-state index in [4.69, 9.17) is 0 Å². The van der Waals surface area contributed by atoms with Crippen LogP contribution in [0.3, 0.4) is 0 Å². The second-order valence-corrected chi connectivity index (χ2v) is 8.94. The van der Waals surface area contributed by atoms with Crippen LogP contribution in [0.2, 0.25) is 0 Å². The molecule has 0 aliphatic heterocycles. The maximum absolute atomic E-state index is 12.7. The number of hydrogen-bond donors (Lipinski definition) is 2. The third kappa shape index (κ3) is 4.80. The van der Waals surface area contributed by atoms with Gasteiger partial charge in [0, 0.05) is 16.5 Å². The fraction of sp³-hybridized carbons (Fsp3) is 0.316. The van der Waals surface area contributed by atoms with Gasteiger partial charge in [0.05, 0.1) is 10.6 Å². The van der Waals surface area contributed by atoms with E-state index < -0.39 is 10.0 Å². The Labute approximate surface area is 159 Å². The van der Waals surface area contributed by atoms with Crippen molar-refractivity contribution in [3.63, 3.8) is 0 Å². The summed E-state index contributed by atoms with van der Waals surface area (Å²) < 4.78 is 28.1. The highest BCUT2D eigenvalue weighted by Gasteiger charge is 2.18. The van der Waals surface area contributed by atoms with Crippen LogP contribution in [-0.4, -0.2) is 20.6 Å². The number of nitrogens with one attached hydrogen (secondary N) is 2. The number of amides is 1. The van der Waals surface area contributed by atoms with Crippen molar-refractivity contribution in [1.29, 1.82) is 0 Å². The van der Waals surface area contributed by atoms with Crippen LogP contribution in [0, 0.1) is 19.8 Å². The topological polar surface area (TPSA) is 75.3 Å². The molecule has 0 radical (unpaired) electrons. The molecule has 26 heavy (non-hydrogen) atoms. The van der Waals surface area contributed by atoms with Gasteiger partial charge in [0.15, 0.2) is 0 Å². The summed E-state index contributed by atoms with van der Waals surface area (Å²) in [6, 6.07) is 10.1. The first-order valence-corrected chi connectivity index (χ1v) is 10.9. The molecule has 0 saturated carbocycles. The number of aryl methyl sites for hydroxylation is 2. The number of carbonyl (C=O) groups excluding carboxylic acids is 1. The molecule has 0 fully saturated rings. The Kier molecular flexibility index (Phi) is 6.36. The molecule has 1 amide bonds. The van der Waals surface area contributed by atoms with E-state index in [1.807, 2.05) is 26.2 Å². The number of hydrogen-bond acceptors (Lipinski definition) is 4. The monoisotopic (exact) mass is 392 g/mol. The predicted octanol–water partition coefficient (Wildman–Crippen LogP) is 4.42. The zero-order chi connectivity index (χ0) is 19.5. The lowest BCUT2D eigenvalue weighted by molar-refractivity contribution is -0.118. The highest BCUT2D eigenvalue weighted by molar-refractivity contribution is 7.98. The molecule has 2 aromatic rings. The number of thioether (sulfide) groups is 1. The number of anilines is 2. The number of carbonyl (C=O) groups is 1. The van der Waals surface area contributed by atoms with Gasteiger partial charge in [0.2, 0.25) is 5.91 Å². The zero-order valence-electron chi connectivity index (χ0n) is 15.6. The minimum absolute atomic E-state index is 0.104. The van der Waals surface area contributed by atoms with Crippen molar-refractivity contribution in [3.05, 3.63) is 47.5 Å². The van der Waals surface area contributed by atoms with E-state index in [0.29, 0.717) is 11.4 Å². The standard InChI is InChI=1S/C19H24N2O3S2/c1-12(2)19(22)20-17-11-16(8-9-18(17)25-5)26(23,24)21-15-7-6-13(3)14(4)10-15/h6-12,21H,1-5H3,(H,20,22). The summed E-state index contributed by atoms with van der Waals surface area (Å²) in [5, 5.41) is 2.80. The molecule has 0 atom stereocenters. The molecule has 0 aliphatic rings. The Morgan fingerprint density at radius 1 is 1.04 bits per heavy atom. The summed E-state index contributed by atoms with van der Waals surface area (Å²) in [4.78, 5) is 12.9. The fourth-order valence-corrected chi connectivity index (χ4v) is 3.86. The quantitative estimate of drug-likeness (QED) is 0.714. The van der Waals surface area contributed by atoms with Gasteiger partial charge in [0.25, 0.3) is 10.0 Å².